The normalized spacial score (nSPS) is 28.0. The van der Waals surface area contributed by atoms with Gasteiger partial charge in [0.25, 0.3) is 9.84 Å². The van der Waals surface area contributed by atoms with Gasteiger partial charge in [0.1, 0.15) is 0 Å². The Hall–Kier alpha value is -0.420. The zero-order valence-electron chi connectivity index (χ0n) is 16.3. The summed E-state index contributed by atoms with van der Waals surface area (Å²) in [6.45, 7) is 0. The van der Waals surface area contributed by atoms with Gasteiger partial charge in [-0.25, -0.2) is 8.42 Å². The van der Waals surface area contributed by atoms with E-state index in [9.17, 15) is 21.6 Å². The maximum absolute atomic E-state index is 12.9. The van der Waals surface area contributed by atoms with Gasteiger partial charge < -0.3 is 4.74 Å². The van der Waals surface area contributed by atoms with Gasteiger partial charge in [-0.3, -0.25) is 0 Å². The monoisotopic (exact) mass is 644 g/mol. The van der Waals surface area contributed by atoms with Crippen molar-refractivity contribution < 1.29 is 26.3 Å². The van der Waals surface area contributed by atoms with Crippen molar-refractivity contribution in [2.24, 2.45) is 11.3 Å². The summed E-state index contributed by atoms with van der Waals surface area (Å²) in [5.41, 5.74) is -2.09. The first-order valence-corrected chi connectivity index (χ1v) is 13.3. The van der Waals surface area contributed by atoms with E-state index in [0.717, 1.165) is 57.9 Å². The lowest BCUT2D eigenvalue weighted by molar-refractivity contribution is -0.0436. The third-order valence-electron chi connectivity index (χ3n) is 6.21. The Bertz CT molecular complexity index is 1120. The molecule has 3 aliphatic rings. The van der Waals surface area contributed by atoms with E-state index < -0.39 is 24.8 Å². The third kappa shape index (κ3) is 4.16. The van der Waals surface area contributed by atoms with Crippen molar-refractivity contribution in [3.05, 3.63) is 56.5 Å². The van der Waals surface area contributed by atoms with Crippen LogP contribution in [0, 0.1) is 11.3 Å². The molecule has 1 aromatic rings. The van der Waals surface area contributed by atoms with Gasteiger partial charge >= 0.3 is 5.51 Å². The van der Waals surface area contributed by atoms with E-state index in [1.165, 1.54) is 17.7 Å². The van der Waals surface area contributed by atoms with Gasteiger partial charge in [-0.2, -0.15) is 13.2 Å². The zero-order chi connectivity index (χ0) is 22.8. The highest BCUT2D eigenvalue weighted by molar-refractivity contribution is 9.14. The molecule has 2 atom stereocenters. The van der Waals surface area contributed by atoms with Crippen molar-refractivity contribution in [1.82, 2.24) is 0 Å². The molecule has 1 fully saturated rings. The molecule has 1 aromatic carbocycles. The van der Waals surface area contributed by atoms with Crippen LogP contribution >= 0.6 is 47.8 Å². The zero-order valence-corrected chi connectivity index (χ0v) is 21.8. The molecule has 168 valence electrons. The predicted molar refractivity (Wildman–Crippen MR) is 124 cm³/mol. The second-order valence-corrected chi connectivity index (χ2v) is 13.1. The maximum Gasteiger partial charge on any atom is 0.501 e. The summed E-state index contributed by atoms with van der Waals surface area (Å²) < 4.78 is 68.6. The summed E-state index contributed by atoms with van der Waals surface area (Å²) in [5, 5.41) is 0. The molecule has 0 heterocycles. The lowest BCUT2D eigenvalue weighted by Crippen LogP contribution is -2.26. The fraction of sp³-hybridized carbons (Fsp3) is 0.429. The van der Waals surface area contributed by atoms with E-state index in [-0.39, 0.29) is 11.3 Å². The highest BCUT2D eigenvalue weighted by Gasteiger charge is 2.50. The average molecular weight is 647 g/mol. The molecule has 2 unspecified atom stereocenters. The van der Waals surface area contributed by atoms with Crippen LogP contribution in [0.4, 0.5) is 13.2 Å². The van der Waals surface area contributed by atoms with E-state index in [1.807, 2.05) is 6.08 Å². The molecule has 0 aliphatic heterocycles. The van der Waals surface area contributed by atoms with Crippen molar-refractivity contribution in [2.75, 3.05) is 7.11 Å². The Morgan fingerprint density at radius 3 is 2.23 bits per heavy atom. The van der Waals surface area contributed by atoms with Crippen molar-refractivity contribution in [3.8, 4) is 0 Å². The molecule has 1 spiro atoms. The molecule has 3 aliphatic carbocycles. The number of benzene rings is 1. The molecule has 1 saturated carbocycles. The number of methoxy groups -OCH3 is 1. The van der Waals surface area contributed by atoms with Gasteiger partial charge in [0.05, 0.1) is 4.90 Å². The Balaban J connectivity index is 1.74. The third-order valence-corrected chi connectivity index (χ3v) is 10.8. The van der Waals surface area contributed by atoms with Crippen LogP contribution in [0.3, 0.4) is 0 Å². The number of rotatable bonds is 4. The summed E-state index contributed by atoms with van der Waals surface area (Å²) in [4.78, 5) is -0.740. The predicted octanol–water partition coefficient (Wildman–Crippen LogP) is 7.23. The first-order chi connectivity index (χ1) is 14.3. The summed E-state index contributed by atoms with van der Waals surface area (Å²) in [6.07, 6.45) is 7.95. The molecular weight excluding hydrogens is 629 g/mol. The van der Waals surface area contributed by atoms with E-state index in [1.54, 1.807) is 7.11 Å². The summed E-state index contributed by atoms with van der Waals surface area (Å²) in [5.74, 6) is -0.0382. The topological polar surface area (TPSA) is 43.4 Å². The molecular formula is C21H18Br3F3O3S. The lowest BCUT2D eigenvalue weighted by Gasteiger charge is -2.31. The van der Waals surface area contributed by atoms with Crippen molar-refractivity contribution in [2.45, 2.75) is 40.6 Å². The minimum atomic E-state index is -5.36. The summed E-state index contributed by atoms with van der Waals surface area (Å²) in [6, 6.07) is 5.07. The van der Waals surface area contributed by atoms with Gasteiger partial charge in [0, 0.05) is 22.0 Å². The molecule has 10 heteroatoms. The number of hydrogen-bond acceptors (Lipinski definition) is 3. The van der Waals surface area contributed by atoms with Crippen LogP contribution in [-0.2, 0) is 14.6 Å². The highest BCUT2D eigenvalue weighted by Crippen LogP contribution is 2.64. The van der Waals surface area contributed by atoms with E-state index in [0.29, 0.717) is 0 Å². The molecule has 0 saturated heterocycles. The average Bonchev–Trinajstić information content (AvgIpc) is 3.35. The first kappa shape index (κ1) is 23.7. The van der Waals surface area contributed by atoms with Crippen LogP contribution in [0.15, 0.2) is 55.9 Å². The Labute approximate surface area is 204 Å². The molecule has 31 heavy (non-hydrogen) atoms. The van der Waals surface area contributed by atoms with Crippen LogP contribution in [0.2, 0.25) is 0 Å². The molecule has 3 nitrogen and oxygen atoms in total. The van der Waals surface area contributed by atoms with Crippen molar-refractivity contribution >= 4 is 63.2 Å². The number of halogens is 6. The molecule has 0 aromatic heterocycles. The Morgan fingerprint density at radius 1 is 1.10 bits per heavy atom. The van der Waals surface area contributed by atoms with Crippen LogP contribution < -0.4 is 0 Å². The number of allylic oxidation sites excluding steroid dienone is 4. The minimum Gasteiger partial charge on any atom is -0.358 e. The molecule has 0 N–H and O–H groups in total. The second kappa shape index (κ2) is 7.82. The smallest absolute Gasteiger partial charge is 0.358 e. The van der Waals surface area contributed by atoms with E-state index in [4.69, 9.17) is 4.74 Å². The molecule has 0 radical (unpaired) electrons. The molecule has 4 rings (SSSR count). The van der Waals surface area contributed by atoms with Crippen LogP contribution in [-0.4, -0.2) is 25.5 Å². The number of alkyl halides is 4. The minimum absolute atomic E-state index is 0.0382. The standard InChI is InChI=1S/C21H18Br3F3O3S/c1-30-20(24)11-17(22)14(8-18(20)23)16-10-19(6-7-19)9-15(16)12-2-4-13(5-3-12)31(28,29)21(25,26)27/h2-5,8,11,14H,6-7,9-10H2,1H3. The van der Waals surface area contributed by atoms with E-state index in [2.05, 4.69) is 53.9 Å². The largest absolute Gasteiger partial charge is 0.501 e. The van der Waals surface area contributed by atoms with Crippen LogP contribution in [0.1, 0.15) is 31.2 Å². The SMILES string of the molecule is COC1(Br)C=C(Br)C(C2=C(c3ccc(S(=O)(=O)C(F)(F)F)cc3)CC3(CC3)C2)C=C1Br. The molecule has 0 amide bonds. The Morgan fingerprint density at radius 2 is 1.71 bits per heavy atom. The first-order valence-electron chi connectivity index (χ1n) is 9.46. The fourth-order valence-corrected chi connectivity index (χ4v) is 6.96. The highest BCUT2D eigenvalue weighted by atomic mass is 79.9. The van der Waals surface area contributed by atoms with Crippen LogP contribution in [0.5, 0.6) is 0 Å². The molecule has 0 bridgehead atoms. The summed E-state index contributed by atoms with van der Waals surface area (Å²) in [7, 11) is -3.77. The van der Waals surface area contributed by atoms with Gasteiger partial charge in [0.2, 0.25) is 0 Å². The quantitative estimate of drug-likeness (QED) is 0.324. The van der Waals surface area contributed by atoms with Crippen LogP contribution in [0.25, 0.3) is 5.57 Å². The van der Waals surface area contributed by atoms with Gasteiger partial charge in [-0.1, -0.05) is 55.6 Å². The maximum atomic E-state index is 12.9. The van der Waals surface area contributed by atoms with Gasteiger partial charge in [0.15, 0.2) is 4.51 Å². The van der Waals surface area contributed by atoms with Gasteiger partial charge in [-0.15, -0.1) is 0 Å². The number of ether oxygens (including phenoxy) is 1. The Kier molecular flexibility index (Phi) is 5.99. The van der Waals surface area contributed by atoms with Gasteiger partial charge in [-0.05, 0) is 76.4 Å². The summed E-state index contributed by atoms with van der Waals surface area (Å²) >= 11 is 10.8. The van der Waals surface area contributed by atoms with Crippen molar-refractivity contribution in [1.29, 1.82) is 0 Å². The number of hydrogen-bond donors (Lipinski definition) is 0. The number of sulfone groups is 1. The fourth-order valence-electron chi connectivity index (χ4n) is 4.25. The lowest BCUT2D eigenvalue weighted by atomic mass is 9.88. The van der Waals surface area contributed by atoms with Crippen molar-refractivity contribution in [3.63, 3.8) is 0 Å². The second-order valence-electron chi connectivity index (χ2n) is 8.20. The van der Waals surface area contributed by atoms with E-state index >= 15 is 0 Å².